The predicted molar refractivity (Wildman–Crippen MR) is 77.4 cm³/mol. The third-order valence-electron chi connectivity index (χ3n) is 3.78. The van der Waals surface area contributed by atoms with Crippen LogP contribution in [0.3, 0.4) is 0 Å². The Labute approximate surface area is 116 Å². The van der Waals surface area contributed by atoms with Gasteiger partial charge in [0.1, 0.15) is 5.75 Å². The summed E-state index contributed by atoms with van der Waals surface area (Å²) < 4.78 is 5.70. The van der Waals surface area contributed by atoms with Gasteiger partial charge in [0, 0.05) is 12.6 Å². The number of aliphatic hydroxyl groups is 1. The first kappa shape index (κ1) is 14.4. The summed E-state index contributed by atoms with van der Waals surface area (Å²) in [5, 5.41) is 10.1. The van der Waals surface area contributed by atoms with Gasteiger partial charge in [-0.25, -0.2) is 0 Å². The molecule has 106 valence electrons. The Morgan fingerprint density at radius 1 is 1.32 bits per heavy atom. The number of hydrogen-bond acceptors (Lipinski definition) is 3. The third kappa shape index (κ3) is 4.22. The van der Waals surface area contributed by atoms with Crippen LogP contribution in [0.4, 0.5) is 0 Å². The first-order chi connectivity index (χ1) is 9.07. The molecule has 1 heterocycles. The van der Waals surface area contributed by atoms with Crippen LogP contribution in [0, 0.1) is 0 Å². The van der Waals surface area contributed by atoms with Crippen molar-refractivity contribution in [3.05, 3.63) is 30.3 Å². The summed E-state index contributed by atoms with van der Waals surface area (Å²) in [4.78, 5) is 2.40. The molecule has 1 N–H and O–H groups in total. The first-order valence-corrected chi connectivity index (χ1v) is 7.21. The van der Waals surface area contributed by atoms with Gasteiger partial charge in [-0.3, -0.25) is 4.90 Å². The standard InChI is InChI=1S/C16H25NO2/c1-16(2,18)15-10-6-11-17(15)12-7-13-19-14-8-4-3-5-9-14/h3-5,8-9,15,18H,6-7,10-13H2,1-2H3. The van der Waals surface area contributed by atoms with Gasteiger partial charge in [0.05, 0.1) is 12.2 Å². The van der Waals surface area contributed by atoms with E-state index >= 15 is 0 Å². The van der Waals surface area contributed by atoms with E-state index in [1.165, 1.54) is 6.42 Å². The summed E-state index contributed by atoms with van der Waals surface area (Å²) in [6, 6.07) is 10.2. The second-order valence-electron chi connectivity index (χ2n) is 5.86. The smallest absolute Gasteiger partial charge is 0.119 e. The van der Waals surface area contributed by atoms with Gasteiger partial charge in [0.25, 0.3) is 0 Å². The van der Waals surface area contributed by atoms with Crippen LogP contribution in [-0.2, 0) is 0 Å². The van der Waals surface area contributed by atoms with Crippen LogP contribution in [0.1, 0.15) is 33.1 Å². The highest BCUT2D eigenvalue weighted by Crippen LogP contribution is 2.26. The second kappa shape index (κ2) is 6.40. The molecular weight excluding hydrogens is 238 g/mol. The molecule has 0 amide bonds. The van der Waals surface area contributed by atoms with Crippen LogP contribution in [0.25, 0.3) is 0 Å². The van der Waals surface area contributed by atoms with Crippen LogP contribution in [0.2, 0.25) is 0 Å². The molecule has 0 aliphatic carbocycles. The summed E-state index contributed by atoms with van der Waals surface area (Å²) in [5.74, 6) is 0.933. The monoisotopic (exact) mass is 263 g/mol. The summed E-state index contributed by atoms with van der Waals surface area (Å²) in [7, 11) is 0. The van der Waals surface area contributed by atoms with Crippen LogP contribution in [0.15, 0.2) is 30.3 Å². The minimum absolute atomic E-state index is 0.296. The zero-order valence-corrected chi connectivity index (χ0v) is 12.0. The number of rotatable bonds is 6. The molecular formula is C16H25NO2. The number of para-hydroxylation sites is 1. The average Bonchev–Trinajstić information content (AvgIpc) is 2.84. The molecule has 1 saturated heterocycles. The van der Waals surface area contributed by atoms with Gasteiger partial charge in [0.2, 0.25) is 0 Å². The van der Waals surface area contributed by atoms with Crippen LogP contribution < -0.4 is 4.74 Å². The van der Waals surface area contributed by atoms with Crippen molar-refractivity contribution >= 4 is 0 Å². The Balaban J connectivity index is 1.71. The normalized spacial score (nSPS) is 20.7. The van der Waals surface area contributed by atoms with Crippen molar-refractivity contribution < 1.29 is 9.84 Å². The van der Waals surface area contributed by atoms with Crippen molar-refractivity contribution in [2.75, 3.05) is 19.7 Å². The van der Waals surface area contributed by atoms with E-state index in [-0.39, 0.29) is 0 Å². The van der Waals surface area contributed by atoms with E-state index in [2.05, 4.69) is 4.90 Å². The SMILES string of the molecule is CC(C)(O)C1CCCN1CCCOc1ccccc1. The molecule has 1 fully saturated rings. The molecule has 19 heavy (non-hydrogen) atoms. The fraction of sp³-hybridized carbons (Fsp3) is 0.625. The van der Waals surface area contributed by atoms with Crippen molar-refractivity contribution in [3.63, 3.8) is 0 Å². The molecule has 1 unspecified atom stereocenters. The Hall–Kier alpha value is -1.06. The van der Waals surface area contributed by atoms with Crippen molar-refractivity contribution in [3.8, 4) is 5.75 Å². The fourth-order valence-electron chi connectivity index (χ4n) is 2.87. The number of benzene rings is 1. The minimum Gasteiger partial charge on any atom is -0.494 e. The van der Waals surface area contributed by atoms with E-state index < -0.39 is 5.60 Å². The van der Waals surface area contributed by atoms with Crippen LogP contribution >= 0.6 is 0 Å². The fourth-order valence-corrected chi connectivity index (χ4v) is 2.87. The number of likely N-dealkylation sites (tertiary alicyclic amines) is 1. The van der Waals surface area contributed by atoms with Gasteiger partial charge < -0.3 is 9.84 Å². The maximum absolute atomic E-state index is 10.1. The van der Waals surface area contributed by atoms with Gasteiger partial charge in [-0.05, 0) is 51.8 Å². The Bertz CT molecular complexity index is 372. The minimum atomic E-state index is -0.600. The lowest BCUT2D eigenvalue weighted by Gasteiger charge is -2.33. The quantitative estimate of drug-likeness (QED) is 0.801. The zero-order chi connectivity index (χ0) is 13.7. The lowest BCUT2D eigenvalue weighted by Crippen LogP contribution is -2.46. The molecule has 2 rings (SSSR count). The molecule has 0 radical (unpaired) electrons. The van der Waals surface area contributed by atoms with E-state index in [0.717, 1.165) is 38.3 Å². The summed E-state index contributed by atoms with van der Waals surface area (Å²) in [6.45, 7) is 6.66. The highest BCUT2D eigenvalue weighted by molar-refractivity contribution is 5.20. The van der Waals surface area contributed by atoms with Crippen LogP contribution in [-0.4, -0.2) is 41.3 Å². The molecule has 1 atom stereocenters. The third-order valence-corrected chi connectivity index (χ3v) is 3.78. The maximum atomic E-state index is 10.1. The molecule has 3 heteroatoms. The lowest BCUT2D eigenvalue weighted by molar-refractivity contribution is -0.00350. The highest BCUT2D eigenvalue weighted by atomic mass is 16.5. The van der Waals surface area contributed by atoms with E-state index in [1.54, 1.807) is 0 Å². The van der Waals surface area contributed by atoms with E-state index in [9.17, 15) is 5.11 Å². The number of ether oxygens (including phenoxy) is 1. The van der Waals surface area contributed by atoms with Gasteiger partial charge in [-0.2, -0.15) is 0 Å². The summed E-state index contributed by atoms with van der Waals surface area (Å²) in [6.07, 6.45) is 3.29. The van der Waals surface area contributed by atoms with Crippen molar-refractivity contribution in [1.82, 2.24) is 4.90 Å². The second-order valence-corrected chi connectivity index (χ2v) is 5.86. The molecule has 0 spiro atoms. The average molecular weight is 263 g/mol. The zero-order valence-electron chi connectivity index (χ0n) is 12.0. The highest BCUT2D eigenvalue weighted by Gasteiger charge is 2.35. The maximum Gasteiger partial charge on any atom is 0.119 e. The van der Waals surface area contributed by atoms with Gasteiger partial charge in [-0.1, -0.05) is 18.2 Å². The van der Waals surface area contributed by atoms with Gasteiger partial charge in [-0.15, -0.1) is 0 Å². The Kier molecular flexibility index (Phi) is 4.83. The Morgan fingerprint density at radius 3 is 2.74 bits per heavy atom. The van der Waals surface area contributed by atoms with Gasteiger partial charge >= 0.3 is 0 Å². The molecule has 0 bridgehead atoms. The van der Waals surface area contributed by atoms with Crippen molar-refractivity contribution in [2.24, 2.45) is 0 Å². The van der Waals surface area contributed by atoms with Gasteiger partial charge in [0.15, 0.2) is 0 Å². The molecule has 1 aliphatic rings. The molecule has 1 aliphatic heterocycles. The topological polar surface area (TPSA) is 32.7 Å². The van der Waals surface area contributed by atoms with E-state index in [4.69, 9.17) is 4.74 Å². The summed E-state index contributed by atoms with van der Waals surface area (Å²) in [5.41, 5.74) is -0.600. The number of nitrogens with zero attached hydrogens (tertiary/aromatic N) is 1. The predicted octanol–water partition coefficient (Wildman–Crippen LogP) is 2.69. The van der Waals surface area contributed by atoms with Crippen molar-refractivity contribution in [1.29, 1.82) is 0 Å². The van der Waals surface area contributed by atoms with E-state index in [0.29, 0.717) is 6.04 Å². The van der Waals surface area contributed by atoms with Crippen LogP contribution in [0.5, 0.6) is 5.75 Å². The molecule has 0 aromatic heterocycles. The largest absolute Gasteiger partial charge is 0.494 e. The Morgan fingerprint density at radius 2 is 2.05 bits per heavy atom. The lowest BCUT2D eigenvalue weighted by atomic mass is 9.96. The van der Waals surface area contributed by atoms with E-state index in [1.807, 2.05) is 44.2 Å². The van der Waals surface area contributed by atoms with Crippen molar-refractivity contribution in [2.45, 2.75) is 44.8 Å². The molecule has 0 saturated carbocycles. The molecule has 1 aromatic carbocycles. The molecule has 1 aromatic rings. The number of hydrogen-bond donors (Lipinski definition) is 1. The summed E-state index contributed by atoms with van der Waals surface area (Å²) >= 11 is 0. The first-order valence-electron chi connectivity index (χ1n) is 7.21. The molecule has 3 nitrogen and oxygen atoms in total.